The number of Topliss-reactive ketones (excluding diaryl/α,β-unsaturated/α-hetero) is 1. The van der Waals surface area contributed by atoms with Crippen molar-refractivity contribution in [1.29, 1.82) is 0 Å². The first-order valence-electron chi connectivity index (χ1n) is 8.74. The van der Waals surface area contributed by atoms with Crippen LogP contribution >= 0.6 is 0 Å². The molecule has 0 saturated heterocycles. The number of rotatable bonds is 1. The van der Waals surface area contributed by atoms with Gasteiger partial charge in [0.2, 0.25) is 0 Å². The van der Waals surface area contributed by atoms with Gasteiger partial charge in [-0.25, -0.2) is 0 Å². The first-order valence-corrected chi connectivity index (χ1v) is 8.74. The zero-order valence-corrected chi connectivity index (χ0v) is 13.9. The quantitative estimate of drug-likeness (QED) is 0.769. The Morgan fingerprint density at radius 1 is 1.27 bits per heavy atom. The lowest BCUT2D eigenvalue weighted by Crippen LogP contribution is -2.45. The van der Waals surface area contributed by atoms with Crippen molar-refractivity contribution in [3.05, 3.63) is 29.3 Å². The molecule has 1 aromatic rings. The Morgan fingerprint density at radius 2 is 2.09 bits per heavy atom. The molecule has 2 heteroatoms. The number of carbonyl (C=O) groups is 1. The van der Waals surface area contributed by atoms with Crippen LogP contribution in [0.25, 0.3) is 0 Å². The van der Waals surface area contributed by atoms with Crippen LogP contribution in [-0.2, 0) is 11.2 Å². The van der Waals surface area contributed by atoms with Gasteiger partial charge in [-0.05, 0) is 72.6 Å². The molecule has 2 fully saturated rings. The highest BCUT2D eigenvalue weighted by Gasteiger charge is 2.56. The molecule has 3 aliphatic carbocycles. The molecular formula is C20H26O2. The summed E-state index contributed by atoms with van der Waals surface area (Å²) in [5, 5.41) is 0. The maximum absolute atomic E-state index is 12.4. The van der Waals surface area contributed by atoms with Crippen LogP contribution in [0.5, 0.6) is 5.75 Å². The molecule has 0 radical (unpaired) electrons. The number of hydrogen-bond acceptors (Lipinski definition) is 2. The normalized spacial score (nSPS) is 39.9. The molecule has 0 N–H and O–H groups in total. The van der Waals surface area contributed by atoms with E-state index in [0.717, 1.165) is 31.4 Å². The van der Waals surface area contributed by atoms with E-state index in [0.29, 0.717) is 29.5 Å². The Morgan fingerprint density at radius 3 is 2.86 bits per heavy atom. The van der Waals surface area contributed by atoms with Gasteiger partial charge in [-0.3, -0.25) is 4.79 Å². The van der Waals surface area contributed by atoms with Gasteiger partial charge >= 0.3 is 0 Å². The number of methoxy groups -OCH3 is 1. The first-order chi connectivity index (χ1) is 10.5. The van der Waals surface area contributed by atoms with E-state index in [2.05, 4.69) is 32.0 Å². The van der Waals surface area contributed by atoms with Gasteiger partial charge in [0.15, 0.2) is 0 Å². The third-order valence-corrected chi connectivity index (χ3v) is 6.99. The van der Waals surface area contributed by atoms with E-state index in [-0.39, 0.29) is 5.41 Å². The second kappa shape index (κ2) is 4.84. The Balaban J connectivity index is 1.75. The average Bonchev–Trinajstić information content (AvgIpc) is 2.82. The van der Waals surface area contributed by atoms with Gasteiger partial charge < -0.3 is 4.74 Å². The first kappa shape index (κ1) is 14.3. The highest BCUT2D eigenvalue weighted by molar-refractivity contribution is 5.87. The van der Waals surface area contributed by atoms with Crippen molar-refractivity contribution in [2.24, 2.45) is 23.2 Å². The van der Waals surface area contributed by atoms with E-state index in [1.54, 1.807) is 7.11 Å². The third kappa shape index (κ3) is 1.82. The Bertz CT molecular complexity index is 620. The summed E-state index contributed by atoms with van der Waals surface area (Å²) in [6, 6.07) is 6.63. The summed E-state index contributed by atoms with van der Waals surface area (Å²) in [5.74, 6) is 4.11. The van der Waals surface area contributed by atoms with Crippen LogP contribution in [0.3, 0.4) is 0 Å². The monoisotopic (exact) mass is 298 g/mol. The van der Waals surface area contributed by atoms with E-state index in [4.69, 9.17) is 4.74 Å². The van der Waals surface area contributed by atoms with E-state index < -0.39 is 0 Å². The Kier molecular flexibility index (Phi) is 3.15. The zero-order chi connectivity index (χ0) is 15.5. The van der Waals surface area contributed by atoms with Crippen LogP contribution in [0.4, 0.5) is 0 Å². The molecular weight excluding hydrogens is 272 g/mol. The summed E-state index contributed by atoms with van der Waals surface area (Å²) in [7, 11) is 1.74. The van der Waals surface area contributed by atoms with E-state index in [1.165, 1.54) is 17.5 Å². The molecule has 0 aromatic heterocycles. The largest absolute Gasteiger partial charge is 0.497 e. The molecule has 1 unspecified atom stereocenters. The molecule has 0 aliphatic heterocycles. The van der Waals surface area contributed by atoms with E-state index in [9.17, 15) is 4.79 Å². The van der Waals surface area contributed by atoms with Crippen molar-refractivity contribution in [3.63, 3.8) is 0 Å². The zero-order valence-electron chi connectivity index (χ0n) is 13.9. The lowest BCUT2D eigenvalue weighted by molar-refractivity contribution is -0.129. The van der Waals surface area contributed by atoms with Crippen LogP contribution in [0.15, 0.2) is 18.2 Å². The lowest BCUT2D eigenvalue weighted by atomic mass is 9.53. The van der Waals surface area contributed by atoms with Gasteiger partial charge in [0, 0.05) is 11.8 Å². The van der Waals surface area contributed by atoms with Crippen molar-refractivity contribution < 1.29 is 9.53 Å². The van der Waals surface area contributed by atoms with Gasteiger partial charge in [-0.15, -0.1) is 0 Å². The van der Waals surface area contributed by atoms with Crippen molar-refractivity contribution in [2.45, 2.75) is 51.9 Å². The minimum Gasteiger partial charge on any atom is -0.497 e. The number of ether oxygens (including phenoxy) is 1. The number of hydrogen-bond donors (Lipinski definition) is 0. The average molecular weight is 298 g/mol. The van der Waals surface area contributed by atoms with Crippen LogP contribution < -0.4 is 4.74 Å². The van der Waals surface area contributed by atoms with Crippen LogP contribution in [0.2, 0.25) is 0 Å². The molecule has 1 aromatic carbocycles. The van der Waals surface area contributed by atoms with Crippen LogP contribution in [0.1, 0.15) is 56.6 Å². The Hall–Kier alpha value is -1.31. The summed E-state index contributed by atoms with van der Waals surface area (Å²) in [4.78, 5) is 12.4. The fourth-order valence-electron chi connectivity index (χ4n) is 5.85. The topological polar surface area (TPSA) is 26.3 Å². The lowest BCUT2D eigenvalue weighted by Gasteiger charge is -2.51. The summed E-state index contributed by atoms with van der Waals surface area (Å²) in [6.07, 6.45) is 5.32. The molecule has 5 atom stereocenters. The van der Waals surface area contributed by atoms with Crippen LogP contribution in [-0.4, -0.2) is 12.9 Å². The summed E-state index contributed by atoms with van der Waals surface area (Å²) < 4.78 is 5.41. The molecule has 2 saturated carbocycles. The smallest absolute Gasteiger partial charge is 0.139 e. The maximum atomic E-state index is 12.4. The van der Waals surface area contributed by atoms with Crippen molar-refractivity contribution >= 4 is 5.78 Å². The van der Waals surface area contributed by atoms with Crippen molar-refractivity contribution in [1.82, 2.24) is 0 Å². The van der Waals surface area contributed by atoms with Crippen molar-refractivity contribution in [2.75, 3.05) is 7.11 Å². The molecule has 4 rings (SSSR count). The summed E-state index contributed by atoms with van der Waals surface area (Å²) in [5.41, 5.74) is 2.98. The van der Waals surface area contributed by atoms with E-state index in [1.807, 2.05) is 0 Å². The van der Waals surface area contributed by atoms with Gasteiger partial charge in [0.05, 0.1) is 7.11 Å². The fraction of sp³-hybridized carbons (Fsp3) is 0.650. The van der Waals surface area contributed by atoms with E-state index >= 15 is 0 Å². The fourth-order valence-corrected chi connectivity index (χ4v) is 5.85. The number of carbonyl (C=O) groups excluding carboxylic acids is 1. The predicted molar refractivity (Wildman–Crippen MR) is 87.2 cm³/mol. The van der Waals surface area contributed by atoms with Gasteiger partial charge in [-0.2, -0.15) is 0 Å². The number of ketones is 1. The van der Waals surface area contributed by atoms with Crippen LogP contribution in [0, 0.1) is 23.2 Å². The molecule has 118 valence electrons. The SMILES string of the molecule is COc1ccc2c(c1)CC(C)[C@@H]1[C@@H]2CC[C@]2(C)C(=O)CC[C@@H]12. The molecule has 3 aliphatic rings. The summed E-state index contributed by atoms with van der Waals surface area (Å²) in [6.45, 7) is 4.65. The molecule has 0 bridgehead atoms. The maximum Gasteiger partial charge on any atom is 0.139 e. The second-order valence-electron chi connectivity index (χ2n) is 7.95. The minimum absolute atomic E-state index is 0.0284. The highest BCUT2D eigenvalue weighted by Crippen LogP contribution is 2.60. The van der Waals surface area contributed by atoms with Gasteiger partial charge in [0.1, 0.15) is 11.5 Å². The third-order valence-electron chi connectivity index (χ3n) is 6.99. The second-order valence-corrected chi connectivity index (χ2v) is 7.95. The minimum atomic E-state index is -0.0284. The number of fused-ring (bicyclic) bond motifs is 5. The Labute approximate surface area is 133 Å². The molecule has 2 nitrogen and oxygen atoms in total. The van der Waals surface area contributed by atoms with Gasteiger partial charge in [-0.1, -0.05) is 19.9 Å². The van der Waals surface area contributed by atoms with Gasteiger partial charge in [0.25, 0.3) is 0 Å². The molecule has 22 heavy (non-hydrogen) atoms. The molecule has 0 amide bonds. The molecule has 0 spiro atoms. The van der Waals surface area contributed by atoms with Crippen molar-refractivity contribution in [3.8, 4) is 5.75 Å². The summed E-state index contributed by atoms with van der Waals surface area (Å²) >= 11 is 0. The molecule has 0 heterocycles. The number of benzene rings is 1. The highest BCUT2D eigenvalue weighted by atomic mass is 16.5. The standard InChI is InChI=1S/C20H26O2/c1-12-10-13-11-14(22-3)4-5-15(13)16-8-9-20(2)17(19(12)16)6-7-18(20)21/h4-5,11-12,16-17,19H,6-10H2,1-3H3/t12?,16-,17+,19-,20+/m1/s1. The predicted octanol–water partition coefficient (Wildman–Crippen LogP) is 4.37.